The van der Waals surface area contributed by atoms with Gasteiger partial charge in [0.25, 0.3) is 11.5 Å². The van der Waals surface area contributed by atoms with Crippen LogP contribution in [0.2, 0.25) is 0 Å². The summed E-state index contributed by atoms with van der Waals surface area (Å²) in [4.78, 5) is 25.1. The van der Waals surface area contributed by atoms with Gasteiger partial charge in [0.1, 0.15) is 5.56 Å². The molecule has 0 atom stereocenters. The van der Waals surface area contributed by atoms with E-state index in [2.05, 4.69) is 5.32 Å². The molecule has 3 aromatic rings. The molecule has 0 aliphatic rings. The zero-order valence-corrected chi connectivity index (χ0v) is 14.3. The van der Waals surface area contributed by atoms with Crippen LogP contribution in [0.4, 0.5) is 5.69 Å². The lowest BCUT2D eigenvalue weighted by molar-refractivity contribution is 0.102. The van der Waals surface area contributed by atoms with Crippen molar-refractivity contribution in [2.45, 2.75) is 20.4 Å². The van der Waals surface area contributed by atoms with Crippen LogP contribution in [0.15, 0.2) is 71.7 Å². The van der Waals surface area contributed by atoms with E-state index in [0.717, 1.165) is 16.7 Å². The van der Waals surface area contributed by atoms with Crippen LogP contribution >= 0.6 is 0 Å². The van der Waals surface area contributed by atoms with E-state index in [1.54, 1.807) is 22.9 Å². The minimum absolute atomic E-state index is 0.135. The summed E-state index contributed by atoms with van der Waals surface area (Å²) in [6.07, 6.45) is 1.70. The molecule has 0 aliphatic heterocycles. The molecule has 25 heavy (non-hydrogen) atoms. The molecule has 0 radical (unpaired) electrons. The molecule has 2 aromatic carbocycles. The van der Waals surface area contributed by atoms with Gasteiger partial charge in [-0.2, -0.15) is 0 Å². The predicted octanol–water partition coefficient (Wildman–Crippen LogP) is 3.77. The maximum absolute atomic E-state index is 12.6. The highest BCUT2D eigenvalue weighted by Gasteiger charge is 2.12. The third-order valence-corrected chi connectivity index (χ3v) is 4.01. The van der Waals surface area contributed by atoms with E-state index in [4.69, 9.17) is 0 Å². The fourth-order valence-electron chi connectivity index (χ4n) is 2.68. The van der Waals surface area contributed by atoms with Crippen LogP contribution in [0.3, 0.4) is 0 Å². The van der Waals surface area contributed by atoms with Gasteiger partial charge in [-0.3, -0.25) is 9.59 Å². The number of hydrogen-bond donors (Lipinski definition) is 1. The summed E-state index contributed by atoms with van der Waals surface area (Å²) in [6, 6.07) is 18.7. The molecule has 4 nitrogen and oxygen atoms in total. The van der Waals surface area contributed by atoms with Crippen LogP contribution < -0.4 is 10.9 Å². The number of nitrogens with one attached hydrogen (secondary N) is 1. The molecule has 0 saturated heterocycles. The molecular weight excluding hydrogens is 312 g/mol. The van der Waals surface area contributed by atoms with Gasteiger partial charge in [-0.1, -0.05) is 47.5 Å². The Labute approximate surface area is 146 Å². The standard InChI is InChI=1S/C21H20N2O2/c1-15-8-10-18(11-9-15)22-20(24)19-7-4-12-23(21(19)25)14-17-6-3-5-16(2)13-17/h3-13H,14H2,1-2H3,(H,22,24). The quantitative estimate of drug-likeness (QED) is 0.791. The minimum Gasteiger partial charge on any atom is -0.322 e. The molecule has 1 heterocycles. The van der Waals surface area contributed by atoms with E-state index in [9.17, 15) is 9.59 Å². The molecule has 0 unspecified atom stereocenters. The van der Waals surface area contributed by atoms with Crippen LogP contribution in [0, 0.1) is 13.8 Å². The van der Waals surface area contributed by atoms with Crippen molar-refractivity contribution >= 4 is 11.6 Å². The monoisotopic (exact) mass is 332 g/mol. The Kier molecular flexibility index (Phi) is 4.80. The smallest absolute Gasteiger partial charge is 0.263 e. The maximum atomic E-state index is 12.6. The molecule has 1 amide bonds. The van der Waals surface area contributed by atoms with E-state index in [-0.39, 0.29) is 11.1 Å². The minimum atomic E-state index is -0.396. The van der Waals surface area contributed by atoms with Gasteiger partial charge >= 0.3 is 0 Å². The van der Waals surface area contributed by atoms with E-state index < -0.39 is 5.91 Å². The normalized spacial score (nSPS) is 10.5. The van der Waals surface area contributed by atoms with Gasteiger partial charge in [0.2, 0.25) is 0 Å². The number of amides is 1. The molecular formula is C21H20N2O2. The lowest BCUT2D eigenvalue weighted by Gasteiger charge is -2.09. The molecule has 0 aliphatic carbocycles. The van der Waals surface area contributed by atoms with Crippen molar-refractivity contribution < 1.29 is 4.79 Å². The van der Waals surface area contributed by atoms with Crippen LogP contribution in [-0.2, 0) is 6.54 Å². The summed E-state index contributed by atoms with van der Waals surface area (Å²) in [5.74, 6) is -0.396. The van der Waals surface area contributed by atoms with E-state index in [1.165, 1.54) is 0 Å². The topological polar surface area (TPSA) is 51.1 Å². The highest BCUT2D eigenvalue weighted by atomic mass is 16.2. The lowest BCUT2D eigenvalue weighted by Crippen LogP contribution is -2.29. The van der Waals surface area contributed by atoms with Gasteiger partial charge in [0.15, 0.2) is 0 Å². The lowest BCUT2D eigenvalue weighted by atomic mass is 10.1. The molecule has 1 N–H and O–H groups in total. The van der Waals surface area contributed by atoms with Crippen LogP contribution in [0.1, 0.15) is 27.0 Å². The maximum Gasteiger partial charge on any atom is 0.263 e. The Bertz CT molecular complexity index is 956. The molecule has 1 aromatic heterocycles. The molecule has 0 fully saturated rings. The van der Waals surface area contributed by atoms with Gasteiger partial charge in [-0.25, -0.2) is 0 Å². The Hall–Kier alpha value is -3.14. The van der Waals surface area contributed by atoms with Crippen molar-refractivity contribution in [1.29, 1.82) is 0 Å². The van der Waals surface area contributed by atoms with Crippen LogP contribution in [0.5, 0.6) is 0 Å². The van der Waals surface area contributed by atoms with Gasteiger partial charge in [-0.15, -0.1) is 0 Å². The molecule has 4 heteroatoms. The van der Waals surface area contributed by atoms with Gasteiger partial charge in [0, 0.05) is 11.9 Å². The Balaban J connectivity index is 1.84. The number of aromatic nitrogens is 1. The molecule has 0 bridgehead atoms. The largest absolute Gasteiger partial charge is 0.322 e. The molecule has 0 spiro atoms. The van der Waals surface area contributed by atoms with Crippen molar-refractivity contribution in [1.82, 2.24) is 4.57 Å². The average Bonchev–Trinajstić information content (AvgIpc) is 2.59. The van der Waals surface area contributed by atoms with Crippen LogP contribution in [0.25, 0.3) is 0 Å². The number of rotatable bonds is 4. The average molecular weight is 332 g/mol. The highest BCUT2D eigenvalue weighted by Crippen LogP contribution is 2.10. The van der Waals surface area contributed by atoms with Crippen molar-refractivity contribution in [2.75, 3.05) is 5.32 Å². The number of carbonyl (C=O) groups excluding carboxylic acids is 1. The Morgan fingerprint density at radius 3 is 2.44 bits per heavy atom. The van der Waals surface area contributed by atoms with E-state index in [1.807, 2.05) is 62.4 Å². The summed E-state index contributed by atoms with van der Waals surface area (Å²) < 4.78 is 1.55. The summed E-state index contributed by atoms with van der Waals surface area (Å²) >= 11 is 0. The number of anilines is 1. The SMILES string of the molecule is Cc1ccc(NC(=O)c2cccn(Cc3cccc(C)c3)c2=O)cc1. The second-order valence-corrected chi connectivity index (χ2v) is 6.16. The van der Waals surface area contributed by atoms with Crippen molar-refractivity contribution in [3.8, 4) is 0 Å². The second-order valence-electron chi connectivity index (χ2n) is 6.16. The van der Waals surface area contributed by atoms with Gasteiger partial charge in [-0.05, 0) is 43.7 Å². The van der Waals surface area contributed by atoms with E-state index in [0.29, 0.717) is 12.2 Å². The molecule has 0 saturated carbocycles. The summed E-state index contributed by atoms with van der Waals surface area (Å²) in [6.45, 7) is 4.43. The first-order valence-corrected chi connectivity index (χ1v) is 8.16. The Morgan fingerprint density at radius 2 is 1.72 bits per heavy atom. The van der Waals surface area contributed by atoms with Gasteiger partial charge in [0.05, 0.1) is 6.54 Å². The third-order valence-electron chi connectivity index (χ3n) is 4.01. The summed E-state index contributed by atoms with van der Waals surface area (Å²) in [7, 11) is 0. The third kappa shape index (κ3) is 4.04. The predicted molar refractivity (Wildman–Crippen MR) is 100 cm³/mol. The second kappa shape index (κ2) is 7.18. The Morgan fingerprint density at radius 1 is 0.960 bits per heavy atom. The summed E-state index contributed by atoms with van der Waals surface area (Å²) in [5.41, 5.74) is 3.78. The summed E-state index contributed by atoms with van der Waals surface area (Å²) in [5, 5.41) is 2.77. The molecule has 3 rings (SSSR count). The zero-order chi connectivity index (χ0) is 17.8. The van der Waals surface area contributed by atoms with Gasteiger partial charge < -0.3 is 9.88 Å². The first kappa shape index (κ1) is 16.7. The number of nitrogens with zero attached hydrogens (tertiary/aromatic N) is 1. The van der Waals surface area contributed by atoms with Crippen molar-refractivity contribution in [2.24, 2.45) is 0 Å². The highest BCUT2D eigenvalue weighted by molar-refractivity contribution is 6.03. The fraction of sp³-hybridized carbons (Fsp3) is 0.143. The first-order valence-electron chi connectivity index (χ1n) is 8.16. The van der Waals surface area contributed by atoms with Crippen LogP contribution in [-0.4, -0.2) is 10.5 Å². The number of pyridine rings is 1. The number of carbonyl (C=O) groups is 1. The number of hydrogen-bond acceptors (Lipinski definition) is 2. The van der Waals surface area contributed by atoms with E-state index >= 15 is 0 Å². The fourth-order valence-corrected chi connectivity index (χ4v) is 2.68. The van der Waals surface area contributed by atoms with Crippen molar-refractivity contribution in [3.63, 3.8) is 0 Å². The first-order chi connectivity index (χ1) is 12.0. The number of aryl methyl sites for hydroxylation is 2. The zero-order valence-electron chi connectivity index (χ0n) is 14.3. The number of benzene rings is 2. The molecule has 126 valence electrons. The van der Waals surface area contributed by atoms with Crippen molar-refractivity contribution in [3.05, 3.63) is 99.5 Å².